The van der Waals surface area contributed by atoms with Gasteiger partial charge in [-0.1, -0.05) is 6.08 Å². The van der Waals surface area contributed by atoms with Gasteiger partial charge in [0.25, 0.3) is 0 Å². The largest absolute Gasteiger partial charge is 0.393 e. The molecule has 0 bridgehead atoms. The molecule has 136 valence electrons. The topological polar surface area (TPSA) is 138 Å². The molecule has 23 heavy (non-hydrogen) atoms. The number of allylic oxidation sites excluding steroid dienone is 1. The number of hydrogen-bond acceptors (Lipinski definition) is 7. The van der Waals surface area contributed by atoms with E-state index in [0.717, 1.165) is 0 Å². The van der Waals surface area contributed by atoms with E-state index >= 15 is 0 Å². The Hall–Kier alpha value is -0.830. The Bertz CT molecular complexity index is 332. The summed E-state index contributed by atoms with van der Waals surface area (Å²) in [5.41, 5.74) is 0. The van der Waals surface area contributed by atoms with E-state index in [1.165, 1.54) is 19.1 Å². The molecule has 6 unspecified atom stereocenters. The van der Waals surface area contributed by atoms with Crippen molar-refractivity contribution in [2.45, 2.75) is 82.1 Å². The van der Waals surface area contributed by atoms with Gasteiger partial charge in [-0.2, -0.15) is 0 Å². The smallest absolute Gasteiger partial charge is 0.142 e. The van der Waals surface area contributed by atoms with Crippen molar-refractivity contribution in [2.75, 3.05) is 0 Å². The van der Waals surface area contributed by atoms with Crippen LogP contribution in [0.3, 0.4) is 0 Å². The van der Waals surface area contributed by atoms with Crippen LogP contribution in [0.4, 0.5) is 0 Å². The first-order valence-electron chi connectivity index (χ1n) is 7.93. The van der Waals surface area contributed by atoms with Crippen LogP contribution >= 0.6 is 0 Å². The van der Waals surface area contributed by atoms with Gasteiger partial charge in [0.05, 0.1) is 36.6 Å². The maximum Gasteiger partial charge on any atom is 0.142 e. The second kappa shape index (κ2) is 12.6. The van der Waals surface area contributed by atoms with E-state index < -0.39 is 36.6 Å². The average molecular weight is 334 g/mol. The molecular formula is C16H30O7. The number of rotatable bonds is 13. The third-order valence-electron chi connectivity index (χ3n) is 3.41. The van der Waals surface area contributed by atoms with Crippen molar-refractivity contribution in [3.05, 3.63) is 12.2 Å². The fourth-order valence-corrected chi connectivity index (χ4v) is 2.42. The van der Waals surface area contributed by atoms with Crippen LogP contribution in [0.1, 0.15) is 45.4 Å². The van der Waals surface area contributed by atoms with Gasteiger partial charge in [0.1, 0.15) is 6.29 Å². The number of carbonyl (C=O) groups is 1. The van der Waals surface area contributed by atoms with Crippen LogP contribution in [0, 0.1) is 0 Å². The minimum Gasteiger partial charge on any atom is -0.393 e. The lowest BCUT2D eigenvalue weighted by Crippen LogP contribution is -2.28. The summed E-state index contributed by atoms with van der Waals surface area (Å²) in [5.74, 6) is 0. The lowest BCUT2D eigenvalue weighted by atomic mass is 9.97. The second-order valence-corrected chi connectivity index (χ2v) is 6.10. The number of aliphatic hydroxyl groups excluding tert-OH is 6. The van der Waals surface area contributed by atoms with Crippen LogP contribution in [0.2, 0.25) is 0 Å². The van der Waals surface area contributed by atoms with Crippen LogP contribution in [0.15, 0.2) is 12.2 Å². The quantitative estimate of drug-likeness (QED) is 0.193. The monoisotopic (exact) mass is 334 g/mol. The van der Waals surface area contributed by atoms with Crippen molar-refractivity contribution in [1.29, 1.82) is 0 Å². The molecule has 0 amide bonds. The molecular weight excluding hydrogens is 304 g/mol. The standard InChI is InChI=1S/C16H30O7/c1-11(18)6-13(20)8-15(22)10-16(23)9-14(21)7-12(19)4-2-3-5-17/h2-3,5,11-16,18-23H,4,6-10H2,1H3. The summed E-state index contributed by atoms with van der Waals surface area (Å²) < 4.78 is 0. The fraction of sp³-hybridized carbons (Fsp3) is 0.812. The first kappa shape index (κ1) is 22.2. The summed E-state index contributed by atoms with van der Waals surface area (Å²) in [5, 5.41) is 57.7. The molecule has 6 N–H and O–H groups in total. The lowest BCUT2D eigenvalue weighted by molar-refractivity contribution is -0.104. The normalized spacial score (nSPS) is 20.0. The highest BCUT2D eigenvalue weighted by molar-refractivity contribution is 5.64. The summed E-state index contributed by atoms with van der Waals surface area (Å²) in [6.07, 6.45) is -1.34. The average Bonchev–Trinajstić information content (AvgIpc) is 2.36. The Balaban J connectivity index is 4.00. The van der Waals surface area contributed by atoms with Crippen LogP contribution in [0.5, 0.6) is 0 Å². The predicted octanol–water partition coefficient (Wildman–Crippen LogP) is -0.733. The van der Waals surface area contributed by atoms with E-state index in [-0.39, 0.29) is 38.5 Å². The maximum absolute atomic E-state index is 10.1. The van der Waals surface area contributed by atoms with Crippen molar-refractivity contribution < 1.29 is 35.4 Å². The minimum absolute atomic E-state index is 0.00197. The van der Waals surface area contributed by atoms with Crippen molar-refractivity contribution in [3.63, 3.8) is 0 Å². The molecule has 0 saturated carbocycles. The third-order valence-corrected chi connectivity index (χ3v) is 3.41. The zero-order valence-electron chi connectivity index (χ0n) is 13.5. The van der Waals surface area contributed by atoms with Gasteiger partial charge in [0.15, 0.2) is 0 Å². The molecule has 0 aromatic carbocycles. The van der Waals surface area contributed by atoms with E-state index in [4.69, 9.17) is 5.11 Å². The van der Waals surface area contributed by atoms with Crippen LogP contribution < -0.4 is 0 Å². The maximum atomic E-state index is 10.1. The summed E-state index contributed by atoms with van der Waals surface area (Å²) in [6, 6.07) is 0. The Morgan fingerprint density at radius 2 is 1.09 bits per heavy atom. The summed E-state index contributed by atoms with van der Waals surface area (Å²) in [6.45, 7) is 1.54. The van der Waals surface area contributed by atoms with Crippen molar-refractivity contribution in [1.82, 2.24) is 0 Å². The number of aliphatic hydroxyl groups is 6. The van der Waals surface area contributed by atoms with Crippen molar-refractivity contribution >= 4 is 6.29 Å². The Kier molecular flexibility index (Phi) is 12.1. The van der Waals surface area contributed by atoms with Crippen molar-refractivity contribution in [3.8, 4) is 0 Å². The molecule has 0 aliphatic rings. The highest BCUT2D eigenvalue weighted by atomic mass is 16.3. The van der Waals surface area contributed by atoms with Crippen molar-refractivity contribution in [2.24, 2.45) is 0 Å². The minimum atomic E-state index is -0.962. The Morgan fingerprint density at radius 1 is 0.696 bits per heavy atom. The van der Waals surface area contributed by atoms with Gasteiger partial charge in [0.2, 0.25) is 0 Å². The van der Waals surface area contributed by atoms with E-state index in [1.54, 1.807) is 0 Å². The third kappa shape index (κ3) is 13.3. The van der Waals surface area contributed by atoms with E-state index in [2.05, 4.69) is 0 Å². The zero-order chi connectivity index (χ0) is 17.8. The van der Waals surface area contributed by atoms with Gasteiger partial charge >= 0.3 is 0 Å². The van der Waals surface area contributed by atoms with Crippen LogP contribution in [-0.2, 0) is 4.79 Å². The van der Waals surface area contributed by atoms with E-state index in [0.29, 0.717) is 6.29 Å². The summed E-state index contributed by atoms with van der Waals surface area (Å²) in [7, 11) is 0. The molecule has 0 saturated heterocycles. The van der Waals surface area contributed by atoms with Gasteiger partial charge in [-0.15, -0.1) is 0 Å². The second-order valence-electron chi connectivity index (χ2n) is 6.10. The van der Waals surface area contributed by atoms with Gasteiger partial charge in [-0.25, -0.2) is 0 Å². The van der Waals surface area contributed by atoms with E-state index in [1.807, 2.05) is 0 Å². The Labute approximate surface area is 136 Å². The molecule has 0 rings (SSSR count). The molecule has 0 aromatic rings. The number of carbonyl (C=O) groups excluding carboxylic acids is 1. The molecule has 0 aliphatic heterocycles. The molecule has 0 radical (unpaired) electrons. The zero-order valence-corrected chi connectivity index (χ0v) is 13.5. The first-order chi connectivity index (χ1) is 10.7. The molecule has 0 aromatic heterocycles. The molecule has 6 atom stereocenters. The first-order valence-corrected chi connectivity index (χ1v) is 7.93. The van der Waals surface area contributed by atoms with Gasteiger partial charge in [-0.3, -0.25) is 4.79 Å². The molecule has 7 nitrogen and oxygen atoms in total. The summed E-state index contributed by atoms with van der Waals surface area (Å²) >= 11 is 0. The molecule has 7 heteroatoms. The highest BCUT2D eigenvalue weighted by Gasteiger charge is 2.20. The highest BCUT2D eigenvalue weighted by Crippen LogP contribution is 2.15. The SMILES string of the molecule is CC(O)CC(O)CC(O)CC(O)CC(O)CC(O)CC=CC=O. The fourth-order valence-electron chi connectivity index (χ4n) is 2.42. The molecule has 0 heterocycles. The molecule has 0 spiro atoms. The van der Waals surface area contributed by atoms with E-state index in [9.17, 15) is 30.3 Å². The summed E-state index contributed by atoms with van der Waals surface area (Å²) in [4.78, 5) is 10.1. The van der Waals surface area contributed by atoms with Gasteiger partial charge < -0.3 is 30.6 Å². The van der Waals surface area contributed by atoms with Crippen LogP contribution in [0.25, 0.3) is 0 Å². The number of aldehydes is 1. The van der Waals surface area contributed by atoms with Gasteiger partial charge in [0, 0.05) is 0 Å². The van der Waals surface area contributed by atoms with Crippen LogP contribution in [-0.4, -0.2) is 73.5 Å². The van der Waals surface area contributed by atoms with Gasteiger partial charge in [-0.05, 0) is 51.5 Å². The lowest BCUT2D eigenvalue weighted by Gasteiger charge is -2.21. The molecule has 0 fully saturated rings. The number of hydrogen-bond donors (Lipinski definition) is 6. The Morgan fingerprint density at radius 3 is 1.48 bits per heavy atom. The molecule has 0 aliphatic carbocycles. The predicted molar refractivity (Wildman–Crippen MR) is 84.6 cm³/mol.